The maximum absolute atomic E-state index is 16.0. The lowest BCUT2D eigenvalue weighted by Gasteiger charge is -2.30. The van der Waals surface area contributed by atoms with E-state index in [1.54, 1.807) is 0 Å². The molecule has 2 saturated heterocycles. The van der Waals surface area contributed by atoms with Gasteiger partial charge in [0, 0.05) is 43.2 Å². The molecule has 0 spiro atoms. The summed E-state index contributed by atoms with van der Waals surface area (Å²) < 4.78 is 22.0. The molecular formula is C25H30FN5O. The molecule has 7 heteroatoms. The first-order chi connectivity index (χ1) is 15.6. The minimum absolute atomic E-state index is 0.257. The summed E-state index contributed by atoms with van der Waals surface area (Å²) >= 11 is 0. The summed E-state index contributed by atoms with van der Waals surface area (Å²) in [4.78, 5) is 13.9. The number of hydrogen-bond donors (Lipinski definition) is 1. The van der Waals surface area contributed by atoms with Crippen LogP contribution in [-0.2, 0) is 0 Å². The number of halogens is 1. The lowest BCUT2D eigenvalue weighted by molar-refractivity contribution is 0.188. The summed E-state index contributed by atoms with van der Waals surface area (Å²) in [5.74, 6) is 0.445. The van der Waals surface area contributed by atoms with Gasteiger partial charge in [-0.15, -0.1) is 0 Å². The third kappa shape index (κ3) is 4.02. The highest BCUT2D eigenvalue weighted by Crippen LogP contribution is 2.36. The summed E-state index contributed by atoms with van der Waals surface area (Å²) in [5.41, 5.74) is 2.64. The zero-order valence-electron chi connectivity index (χ0n) is 18.8. The molecule has 1 N–H and O–H groups in total. The topological polar surface area (TPSA) is 53.5 Å². The number of aromatic nitrogens is 2. The Kier molecular flexibility index (Phi) is 5.93. The van der Waals surface area contributed by atoms with E-state index in [4.69, 9.17) is 9.72 Å². The molecule has 32 heavy (non-hydrogen) atoms. The van der Waals surface area contributed by atoms with Crippen molar-refractivity contribution in [2.24, 2.45) is 0 Å². The van der Waals surface area contributed by atoms with E-state index < -0.39 is 0 Å². The summed E-state index contributed by atoms with van der Waals surface area (Å²) in [6, 6.07) is 12.3. The van der Waals surface area contributed by atoms with Crippen molar-refractivity contribution in [2.75, 3.05) is 51.3 Å². The molecule has 2 aromatic carbocycles. The number of nitrogens with one attached hydrogen (secondary N) is 1. The van der Waals surface area contributed by atoms with Gasteiger partial charge in [0.15, 0.2) is 5.82 Å². The summed E-state index contributed by atoms with van der Waals surface area (Å²) in [6.07, 6.45) is 2.27. The van der Waals surface area contributed by atoms with Crippen LogP contribution in [0.5, 0.6) is 6.01 Å². The average Bonchev–Trinajstić information content (AvgIpc) is 3.23. The van der Waals surface area contributed by atoms with Gasteiger partial charge >= 0.3 is 6.01 Å². The van der Waals surface area contributed by atoms with Crippen molar-refractivity contribution >= 4 is 16.7 Å². The van der Waals surface area contributed by atoms with E-state index in [0.29, 0.717) is 23.7 Å². The Morgan fingerprint density at radius 1 is 1.12 bits per heavy atom. The quantitative estimate of drug-likeness (QED) is 0.661. The second-order valence-corrected chi connectivity index (χ2v) is 8.80. The highest BCUT2D eigenvalue weighted by molar-refractivity contribution is 5.95. The van der Waals surface area contributed by atoms with Gasteiger partial charge in [-0.1, -0.05) is 30.3 Å². The van der Waals surface area contributed by atoms with E-state index in [1.165, 1.54) is 6.42 Å². The summed E-state index contributed by atoms with van der Waals surface area (Å²) in [7, 11) is 2.11. The van der Waals surface area contributed by atoms with Crippen molar-refractivity contribution in [1.29, 1.82) is 0 Å². The monoisotopic (exact) mass is 435 g/mol. The maximum Gasteiger partial charge on any atom is 0.319 e. The first kappa shape index (κ1) is 21.1. The first-order valence-corrected chi connectivity index (χ1v) is 11.5. The molecule has 1 atom stereocenters. The molecule has 0 bridgehead atoms. The van der Waals surface area contributed by atoms with Crippen LogP contribution in [0.25, 0.3) is 22.0 Å². The lowest BCUT2D eigenvalue weighted by Crippen LogP contribution is -2.44. The smallest absolute Gasteiger partial charge is 0.319 e. The molecule has 0 unspecified atom stereocenters. The molecule has 0 radical (unpaired) electrons. The second kappa shape index (κ2) is 9.00. The van der Waals surface area contributed by atoms with Gasteiger partial charge in [0.25, 0.3) is 0 Å². The molecule has 1 aromatic heterocycles. The van der Waals surface area contributed by atoms with E-state index in [2.05, 4.69) is 27.1 Å². The number of benzene rings is 2. The van der Waals surface area contributed by atoms with Gasteiger partial charge < -0.3 is 19.9 Å². The number of anilines is 1. The Morgan fingerprint density at radius 2 is 1.91 bits per heavy atom. The SMILES string of the molecule is Cc1cc2c(N3CCNCC3)nc(OC[C@@H]3CCCN3C)nc2c(F)c1-c1ccccc1. The molecule has 0 amide bonds. The van der Waals surface area contributed by atoms with Crippen LogP contribution in [0.4, 0.5) is 10.2 Å². The highest BCUT2D eigenvalue weighted by atomic mass is 19.1. The molecule has 0 saturated carbocycles. The lowest BCUT2D eigenvalue weighted by atomic mass is 9.97. The maximum atomic E-state index is 16.0. The predicted octanol–water partition coefficient (Wildman–Crippen LogP) is 3.63. The molecule has 168 valence electrons. The van der Waals surface area contributed by atoms with Crippen molar-refractivity contribution in [1.82, 2.24) is 20.2 Å². The molecule has 2 aliphatic heterocycles. The van der Waals surface area contributed by atoms with Crippen LogP contribution in [0.3, 0.4) is 0 Å². The fraction of sp³-hybridized carbons (Fsp3) is 0.440. The molecule has 2 aliphatic rings. The van der Waals surface area contributed by atoms with Gasteiger partial charge in [0.2, 0.25) is 0 Å². The van der Waals surface area contributed by atoms with Gasteiger partial charge in [-0.05, 0) is 50.6 Å². The summed E-state index contributed by atoms with van der Waals surface area (Å²) in [5, 5.41) is 4.11. The highest BCUT2D eigenvalue weighted by Gasteiger charge is 2.25. The predicted molar refractivity (Wildman–Crippen MR) is 126 cm³/mol. The number of aryl methyl sites for hydroxylation is 1. The Hall–Kier alpha value is -2.77. The minimum Gasteiger partial charge on any atom is -0.462 e. The van der Waals surface area contributed by atoms with Gasteiger partial charge in [-0.25, -0.2) is 4.39 Å². The third-order valence-corrected chi connectivity index (χ3v) is 6.64. The Balaban J connectivity index is 1.60. The summed E-state index contributed by atoms with van der Waals surface area (Å²) in [6.45, 7) is 6.92. The van der Waals surface area contributed by atoms with Gasteiger partial charge in [-0.3, -0.25) is 0 Å². The Bertz CT molecular complexity index is 1100. The average molecular weight is 436 g/mol. The normalized spacial score (nSPS) is 19.6. The van der Waals surface area contributed by atoms with Crippen molar-refractivity contribution in [3.8, 4) is 17.1 Å². The van der Waals surface area contributed by atoms with Crippen LogP contribution < -0.4 is 15.0 Å². The van der Waals surface area contributed by atoms with E-state index >= 15 is 4.39 Å². The van der Waals surface area contributed by atoms with Gasteiger partial charge in [0.05, 0.1) is 0 Å². The Morgan fingerprint density at radius 3 is 2.62 bits per heavy atom. The molecule has 6 nitrogen and oxygen atoms in total. The van der Waals surface area contributed by atoms with Gasteiger partial charge in [0.1, 0.15) is 17.9 Å². The zero-order chi connectivity index (χ0) is 22.1. The van der Waals surface area contributed by atoms with Crippen LogP contribution in [0, 0.1) is 12.7 Å². The molecule has 5 rings (SSSR count). The van der Waals surface area contributed by atoms with Gasteiger partial charge in [-0.2, -0.15) is 9.97 Å². The molecule has 0 aliphatic carbocycles. The first-order valence-electron chi connectivity index (χ1n) is 11.5. The third-order valence-electron chi connectivity index (χ3n) is 6.64. The van der Waals surface area contributed by atoms with Crippen molar-refractivity contribution in [3.63, 3.8) is 0 Å². The van der Waals surface area contributed by atoms with Crippen LogP contribution >= 0.6 is 0 Å². The number of hydrogen-bond acceptors (Lipinski definition) is 6. The number of fused-ring (bicyclic) bond motifs is 1. The van der Waals surface area contributed by atoms with E-state index in [9.17, 15) is 0 Å². The van der Waals surface area contributed by atoms with E-state index in [0.717, 1.165) is 61.5 Å². The van der Waals surface area contributed by atoms with Crippen LogP contribution in [-0.4, -0.2) is 67.3 Å². The zero-order valence-corrected chi connectivity index (χ0v) is 18.8. The number of likely N-dealkylation sites (tertiary alicyclic amines) is 1. The number of likely N-dealkylation sites (N-methyl/N-ethyl adjacent to an activating group) is 1. The minimum atomic E-state index is -0.312. The molecule has 3 aromatic rings. The van der Waals surface area contributed by atoms with Crippen molar-refractivity contribution in [3.05, 3.63) is 47.8 Å². The molecule has 3 heterocycles. The molecule has 2 fully saturated rings. The second-order valence-electron chi connectivity index (χ2n) is 8.80. The van der Waals surface area contributed by atoms with Crippen molar-refractivity contribution in [2.45, 2.75) is 25.8 Å². The number of nitrogens with zero attached hydrogens (tertiary/aromatic N) is 4. The Labute approximate surface area is 188 Å². The fourth-order valence-corrected chi connectivity index (χ4v) is 4.82. The largest absolute Gasteiger partial charge is 0.462 e. The van der Waals surface area contributed by atoms with Crippen molar-refractivity contribution < 1.29 is 9.13 Å². The van der Waals surface area contributed by atoms with E-state index in [-0.39, 0.29) is 11.8 Å². The number of ether oxygens (including phenoxy) is 1. The van der Waals surface area contributed by atoms with Crippen LogP contribution in [0.1, 0.15) is 18.4 Å². The number of rotatable bonds is 5. The fourth-order valence-electron chi connectivity index (χ4n) is 4.82. The van der Waals surface area contributed by atoms with Crippen LogP contribution in [0.2, 0.25) is 0 Å². The van der Waals surface area contributed by atoms with Crippen LogP contribution in [0.15, 0.2) is 36.4 Å². The standard InChI is InChI=1S/C25H30FN5O/c1-17-15-20-23(22(26)21(17)18-7-4-3-5-8-18)28-25(32-16-19-9-6-12-30(19)2)29-24(20)31-13-10-27-11-14-31/h3-5,7-8,15,19,27H,6,9-14,16H2,1-2H3/t19-/m0/s1. The van der Waals surface area contributed by atoms with E-state index in [1.807, 2.05) is 43.3 Å². The number of piperazine rings is 1. The molecular weight excluding hydrogens is 405 g/mol.